The first kappa shape index (κ1) is 11.4. The summed E-state index contributed by atoms with van der Waals surface area (Å²) in [5, 5.41) is 9.35. The number of ether oxygens (including phenoxy) is 1. The Morgan fingerprint density at radius 2 is 2.12 bits per heavy atom. The van der Waals surface area contributed by atoms with Gasteiger partial charge in [0.15, 0.2) is 5.82 Å². The van der Waals surface area contributed by atoms with Crippen molar-refractivity contribution in [2.45, 2.75) is 6.54 Å². The summed E-state index contributed by atoms with van der Waals surface area (Å²) in [6.45, 7) is 0.519. The van der Waals surface area contributed by atoms with Crippen LogP contribution >= 0.6 is 0 Å². The molecule has 0 unspecified atom stereocenters. The second kappa shape index (κ2) is 4.84. The van der Waals surface area contributed by atoms with Gasteiger partial charge in [-0.2, -0.15) is 5.10 Å². The maximum atomic E-state index is 11.7. The van der Waals surface area contributed by atoms with Crippen molar-refractivity contribution in [2.24, 2.45) is 0 Å². The van der Waals surface area contributed by atoms with Crippen molar-refractivity contribution >= 4 is 0 Å². The fourth-order valence-corrected chi connectivity index (χ4v) is 1.60. The van der Waals surface area contributed by atoms with E-state index < -0.39 is 0 Å². The van der Waals surface area contributed by atoms with Gasteiger partial charge < -0.3 is 10.1 Å². The van der Waals surface area contributed by atoms with E-state index in [0.29, 0.717) is 12.4 Å². The summed E-state index contributed by atoms with van der Waals surface area (Å²) in [5.74, 6) is 1.39. The number of aromatic amines is 1. The van der Waals surface area contributed by atoms with Crippen LogP contribution in [0.1, 0.15) is 5.82 Å². The first-order valence-electron chi connectivity index (χ1n) is 5.21. The average molecular weight is 234 g/mol. The van der Waals surface area contributed by atoms with Gasteiger partial charge in [0, 0.05) is 0 Å². The molecular weight excluding hydrogens is 220 g/mol. The molecule has 0 atom stereocenters. The molecule has 90 valence electrons. The van der Waals surface area contributed by atoms with Gasteiger partial charge in [0.25, 0.3) is 0 Å². The molecule has 0 fully saturated rings. The van der Waals surface area contributed by atoms with Crippen LogP contribution in [0.3, 0.4) is 0 Å². The third kappa shape index (κ3) is 2.21. The highest BCUT2D eigenvalue weighted by molar-refractivity contribution is 5.37. The summed E-state index contributed by atoms with van der Waals surface area (Å²) >= 11 is 0. The number of nitrogens with one attached hydrogen (secondary N) is 2. The Bertz CT molecular complexity index is 541. The molecule has 1 aromatic carbocycles. The van der Waals surface area contributed by atoms with Gasteiger partial charge in [0.05, 0.1) is 19.3 Å². The quantitative estimate of drug-likeness (QED) is 0.797. The number of benzene rings is 1. The van der Waals surface area contributed by atoms with Crippen LogP contribution in [0, 0.1) is 0 Å². The van der Waals surface area contributed by atoms with Crippen molar-refractivity contribution in [1.29, 1.82) is 0 Å². The Morgan fingerprint density at radius 1 is 1.41 bits per heavy atom. The normalized spacial score (nSPS) is 10.5. The maximum Gasteiger partial charge on any atom is 0.347 e. The van der Waals surface area contributed by atoms with Crippen LogP contribution < -0.4 is 15.7 Å². The van der Waals surface area contributed by atoms with Gasteiger partial charge in [-0.05, 0) is 31.3 Å². The van der Waals surface area contributed by atoms with Crippen LogP contribution in [0.15, 0.2) is 29.1 Å². The molecule has 1 heterocycles. The summed E-state index contributed by atoms with van der Waals surface area (Å²) in [4.78, 5) is 11.7. The number of hydrogen-bond acceptors (Lipinski definition) is 4. The zero-order valence-corrected chi connectivity index (χ0v) is 9.73. The Hall–Kier alpha value is -2.08. The van der Waals surface area contributed by atoms with Crippen molar-refractivity contribution in [2.75, 3.05) is 14.2 Å². The minimum absolute atomic E-state index is 0.250. The van der Waals surface area contributed by atoms with E-state index in [2.05, 4.69) is 15.5 Å². The molecule has 2 aromatic rings. The van der Waals surface area contributed by atoms with E-state index >= 15 is 0 Å². The third-order valence-corrected chi connectivity index (χ3v) is 2.41. The molecule has 6 nitrogen and oxygen atoms in total. The molecule has 2 rings (SSSR count). The van der Waals surface area contributed by atoms with Crippen LogP contribution in [0.4, 0.5) is 0 Å². The van der Waals surface area contributed by atoms with Crippen LogP contribution in [-0.2, 0) is 6.54 Å². The van der Waals surface area contributed by atoms with E-state index in [9.17, 15) is 4.79 Å². The summed E-state index contributed by atoms with van der Waals surface area (Å²) < 4.78 is 6.60. The minimum Gasteiger partial charge on any atom is -0.497 e. The van der Waals surface area contributed by atoms with Crippen molar-refractivity contribution in [1.82, 2.24) is 20.1 Å². The topological polar surface area (TPSA) is 71.9 Å². The van der Waals surface area contributed by atoms with E-state index in [1.54, 1.807) is 26.3 Å². The summed E-state index contributed by atoms with van der Waals surface area (Å²) in [7, 11) is 3.41. The molecule has 0 aliphatic heterocycles. The van der Waals surface area contributed by atoms with Gasteiger partial charge in [0.2, 0.25) is 0 Å². The fourth-order valence-electron chi connectivity index (χ4n) is 1.60. The van der Waals surface area contributed by atoms with Gasteiger partial charge in [-0.15, -0.1) is 0 Å². The minimum atomic E-state index is -0.250. The van der Waals surface area contributed by atoms with E-state index in [1.807, 2.05) is 12.1 Å². The molecule has 2 N–H and O–H groups in total. The molecule has 0 saturated heterocycles. The summed E-state index contributed by atoms with van der Waals surface area (Å²) in [5.41, 5.74) is 0.509. The third-order valence-electron chi connectivity index (χ3n) is 2.41. The van der Waals surface area contributed by atoms with Gasteiger partial charge in [-0.25, -0.2) is 14.5 Å². The lowest BCUT2D eigenvalue weighted by Crippen LogP contribution is -2.19. The number of hydrogen-bond donors (Lipinski definition) is 2. The predicted octanol–water partition coefficient (Wildman–Crippen LogP) is 0.289. The Morgan fingerprint density at radius 3 is 2.71 bits per heavy atom. The molecular formula is C11H14N4O2. The van der Waals surface area contributed by atoms with Gasteiger partial charge in [0.1, 0.15) is 5.75 Å². The van der Waals surface area contributed by atoms with Crippen molar-refractivity contribution in [3.05, 3.63) is 40.6 Å². The molecule has 6 heteroatoms. The molecule has 0 aliphatic carbocycles. The molecule has 0 spiro atoms. The first-order chi connectivity index (χ1) is 8.26. The highest BCUT2D eigenvalue weighted by Gasteiger charge is 2.09. The lowest BCUT2D eigenvalue weighted by molar-refractivity contribution is 0.414. The smallest absolute Gasteiger partial charge is 0.347 e. The van der Waals surface area contributed by atoms with Crippen molar-refractivity contribution < 1.29 is 4.74 Å². The average Bonchev–Trinajstić information content (AvgIpc) is 2.71. The number of rotatable bonds is 4. The number of H-pyrrole nitrogens is 1. The highest BCUT2D eigenvalue weighted by atomic mass is 16.5. The molecule has 0 saturated carbocycles. The Kier molecular flexibility index (Phi) is 3.24. The predicted molar refractivity (Wildman–Crippen MR) is 63.5 cm³/mol. The molecule has 0 aliphatic rings. The summed E-state index contributed by atoms with van der Waals surface area (Å²) in [6.07, 6.45) is 0. The van der Waals surface area contributed by atoms with Gasteiger partial charge in [-0.3, -0.25) is 0 Å². The fraction of sp³-hybridized carbons (Fsp3) is 0.273. The standard InChI is InChI=1S/C11H14N4O2/c1-12-7-10-13-14-11(16)15(10)8-3-5-9(17-2)6-4-8/h3-6,12H,7H2,1-2H3,(H,14,16). The van der Waals surface area contributed by atoms with E-state index in [1.165, 1.54) is 4.57 Å². The van der Waals surface area contributed by atoms with E-state index in [4.69, 9.17) is 4.74 Å². The number of aromatic nitrogens is 3. The number of nitrogens with zero attached hydrogens (tertiary/aromatic N) is 2. The van der Waals surface area contributed by atoms with E-state index in [0.717, 1.165) is 11.4 Å². The maximum absolute atomic E-state index is 11.7. The molecule has 0 bridgehead atoms. The van der Waals surface area contributed by atoms with Crippen LogP contribution in [-0.4, -0.2) is 28.9 Å². The lowest BCUT2D eigenvalue weighted by atomic mass is 10.3. The first-order valence-corrected chi connectivity index (χ1v) is 5.21. The SMILES string of the molecule is CNCc1n[nH]c(=O)n1-c1ccc(OC)cc1. The Balaban J connectivity index is 2.44. The van der Waals surface area contributed by atoms with Crippen molar-refractivity contribution in [3.63, 3.8) is 0 Å². The van der Waals surface area contributed by atoms with Crippen LogP contribution in [0.2, 0.25) is 0 Å². The zero-order valence-electron chi connectivity index (χ0n) is 9.73. The Labute approximate surface area is 98.2 Å². The number of methoxy groups -OCH3 is 1. The summed E-state index contributed by atoms with van der Waals surface area (Å²) in [6, 6.07) is 7.24. The monoisotopic (exact) mass is 234 g/mol. The van der Waals surface area contributed by atoms with E-state index in [-0.39, 0.29) is 5.69 Å². The second-order valence-corrected chi connectivity index (χ2v) is 3.51. The van der Waals surface area contributed by atoms with Crippen molar-refractivity contribution in [3.8, 4) is 11.4 Å². The molecule has 17 heavy (non-hydrogen) atoms. The van der Waals surface area contributed by atoms with Gasteiger partial charge >= 0.3 is 5.69 Å². The lowest BCUT2D eigenvalue weighted by Gasteiger charge is -2.06. The van der Waals surface area contributed by atoms with Gasteiger partial charge in [-0.1, -0.05) is 0 Å². The molecule has 0 amide bonds. The van der Waals surface area contributed by atoms with Crippen LogP contribution in [0.5, 0.6) is 5.75 Å². The highest BCUT2D eigenvalue weighted by Crippen LogP contribution is 2.14. The zero-order chi connectivity index (χ0) is 12.3. The van der Waals surface area contributed by atoms with Crippen LogP contribution in [0.25, 0.3) is 5.69 Å². The molecule has 1 aromatic heterocycles. The molecule has 0 radical (unpaired) electrons. The second-order valence-electron chi connectivity index (χ2n) is 3.51. The largest absolute Gasteiger partial charge is 0.497 e.